The van der Waals surface area contributed by atoms with Crippen LogP contribution in [0.5, 0.6) is 0 Å². The van der Waals surface area contributed by atoms with Crippen LogP contribution < -0.4 is 10.2 Å². The number of rotatable bonds is 5. The van der Waals surface area contributed by atoms with Crippen LogP contribution in [0.25, 0.3) is 0 Å². The highest BCUT2D eigenvalue weighted by molar-refractivity contribution is 6.52. The van der Waals surface area contributed by atoms with Crippen LogP contribution >= 0.6 is 11.6 Å². The standard InChI is InChI=1S/C20H19ClN2O2/c1-13(2)15-8-10-16(11-9-15)23-19(24)17(21)18(20(23)25)22-12-14-6-4-3-5-7-14/h3-11,13,22H,12H2,1-2H3. The van der Waals surface area contributed by atoms with Crippen molar-refractivity contribution >= 4 is 29.1 Å². The number of hydrogen-bond acceptors (Lipinski definition) is 3. The molecular weight excluding hydrogens is 336 g/mol. The van der Waals surface area contributed by atoms with Crippen LogP contribution in [0, 0.1) is 0 Å². The molecule has 0 spiro atoms. The van der Waals surface area contributed by atoms with Gasteiger partial charge in [-0.2, -0.15) is 0 Å². The maximum Gasteiger partial charge on any atom is 0.283 e. The number of halogens is 1. The highest BCUT2D eigenvalue weighted by Gasteiger charge is 2.38. The minimum Gasteiger partial charge on any atom is -0.375 e. The molecule has 0 fully saturated rings. The van der Waals surface area contributed by atoms with E-state index in [2.05, 4.69) is 19.2 Å². The summed E-state index contributed by atoms with van der Waals surface area (Å²) in [6.07, 6.45) is 0. The van der Waals surface area contributed by atoms with Crippen molar-refractivity contribution in [1.82, 2.24) is 5.32 Å². The number of carbonyl (C=O) groups is 2. The Balaban J connectivity index is 1.78. The fraction of sp³-hybridized carbons (Fsp3) is 0.200. The van der Waals surface area contributed by atoms with E-state index in [0.29, 0.717) is 18.2 Å². The van der Waals surface area contributed by atoms with Gasteiger partial charge in [-0.3, -0.25) is 9.59 Å². The molecule has 0 radical (unpaired) electrons. The van der Waals surface area contributed by atoms with E-state index < -0.39 is 11.8 Å². The van der Waals surface area contributed by atoms with Gasteiger partial charge in [0.1, 0.15) is 10.7 Å². The molecule has 1 N–H and O–H groups in total. The number of benzene rings is 2. The first kappa shape index (κ1) is 17.2. The van der Waals surface area contributed by atoms with Gasteiger partial charge in [-0.05, 0) is 29.2 Å². The number of imide groups is 1. The zero-order valence-electron chi connectivity index (χ0n) is 14.1. The Morgan fingerprint density at radius 3 is 2.20 bits per heavy atom. The van der Waals surface area contributed by atoms with E-state index in [1.54, 1.807) is 12.1 Å². The van der Waals surface area contributed by atoms with E-state index in [-0.39, 0.29) is 10.7 Å². The van der Waals surface area contributed by atoms with Crippen LogP contribution in [0.3, 0.4) is 0 Å². The number of amides is 2. The highest BCUT2D eigenvalue weighted by Crippen LogP contribution is 2.29. The second kappa shape index (κ2) is 7.11. The summed E-state index contributed by atoms with van der Waals surface area (Å²) in [7, 11) is 0. The van der Waals surface area contributed by atoms with E-state index in [0.717, 1.165) is 16.0 Å². The van der Waals surface area contributed by atoms with E-state index in [1.807, 2.05) is 42.5 Å². The molecule has 0 aliphatic carbocycles. The molecule has 0 unspecified atom stereocenters. The van der Waals surface area contributed by atoms with Gasteiger partial charge in [0.2, 0.25) is 0 Å². The zero-order chi connectivity index (χ0) is 18.0. The SMILES string of the molecule is CC(C)c1ccc(N2C(=O)C(Cl)=C(NCc3ccccc3)C2=O)cc1. The van der Waals surface area contributed by atoms with Crippen molar-refractivity contribution in [2.45, 2.75) is 26.3 Å². The smallest absolute Gasteiger partial charge is 0.283 e. The van der Waals surface area contributed by atoms with E-state index in [1.165, 1.54) is 0 Å². The quantitative estimate of drug-likeness (QED) is 0.828. The molecule has 4 nitrogen and oxygen atoms in total. The maximum absolute atomic E-state index is 12.7. The van der Waals surface area contributed by atoms with Crippen LogP contribution in [0.15, 0.2) is 65.3 Å². The van der Waals surface area contributed by atoms with E-state index in [4.69, 9.17) is 11.6 Å². The predicted molar refractivity (Wildman–Crippen MR) is 99.2 cm³/mol. The van der Waals surface area contributed by atoms with Crippen molar-refractivity contribution in [3.05, 3.63) is 76.5 Å². The topological polar surface area (TPSA) is 49.4 Å². The molecule has 0 saturated carbocycles. The van der Waals surface area contributed by atoms with E-state index in [9.17, 15) is 9.59 Å². The molecule has 3 rings (SSSR count). The Morgan fingerprint density at radius 2 is 1.60 bits per heavy atom. The van der Waals surface area contributed by atoms with Crippen LogP contribution in [0.1, 0.15) is 30.9 Å². The Labute approximate surface area is 152 Å². The van der Waals surface area contributed by atoms with Crippen molar-refractivity contribution in [3.8, 4) is 0 Å². The lowest BCUT2D eigenvalue weighted by atomic mass is 10.0. The lowest BCUT2D eigenvalue weighted by Gasteiger charge is -2.16. The molecule has 1 heterocycles. The first-order chi connectivity index (χ1) is 12.0. The summed E-state index contributed by atoms with van der Waals surface area (Å²) in [5.74, 6) is -0.549. The van der Waals surface area contributed by atoms with Gasteiger partial charge >= 0.3 is 0 Å². The number of carbonyl (C=O) groups excluding carboxylic acids is 2. The molecule has 0 aromatic heterocycles. The highest BCUT2D eigenvalue weighted by atomic mass is 35.5. The summed E-state index contributed by atoms with van der Waals surface area (Å²) in [5, 5.41) is 2.92. The largest absolute Gasteiger partial charge is 0.375 e. The van der Waals surface area contributed by atoms with Crippen LogP contribution in [0.4, 0.5) is 5.69 Å². The van der Waals surface area contributed by atoms with Crippen LogP contribution in [-0.2, 0) is 16.1 Å². The van der Waals surface area contributed by atoms with Gasteiger partial charge in [-0.15, -0.1) is 0 Å². The fourth-order valence-corrected chi connectivity index (χ4v) is 2.92. The molecule has 128 valence electrons. The van der Waals surface area contributed by atoms with E-state index >= 15 is 0 Å². The van der Waals surface area contributed by atoms with Gasteiger partial charge in [0.15, 0.2) is 0 Å². The molecule has 0 atom stereocenters. The Morgan fingerprint density at radius 1 is 0.960 bits per heavy atom. The predicted octanol–water partition coefficient (Wildman–Crippen LogP) is 3.92. The number of anilines is 1. The second-order valence-corrected chi connectivity index (χ2v) is 6.60. The minimum absolute atomic E-state index is 0.0751. The maximum atomic E-state index is 12.7. The monoisotopic (exact) mass is 354 g/mol. The number of nitrogens with one attached hydrogen (secondary N) is 1. The van der Waals surface area contributed by atoms with Crippen molar-refractivity contribution in [1.29, 1.82) is 0 Å². The molecule has 0 saturated heterocycles. The summed E-state index contributed by atoms with van der Waals surface area (Å²) in [4.78, 5) is 26.2. The summed E-state index contributed by atoms with van der Waals surface area (Å²) in [5.41, 5.74) is 2.81. The number of hydrogen-bond donors (Lipinski definition) is 1. The lowest BCUT2D eigenvalue weighted by molar-refractivity contribution is -0.120. The molecule has 2 amide bonds. The normalized spacial score (nSPS) is 14.6. The fourth-order valence-electron chi connectivity index (χ4n) is 2.69. The summed E-state index contributed by atoms with van der Waals surface area (Å²) >= 11 is 6.12. The molecule has 0 bridgehead atoms. The minimum atomic E-state index is -0.500. The number of nitrogens with zero attached hydrogens (tertiary/aromatic N) is 1. The first-order valence-electron chi connectivity index (χ1n) is 8.15. The van der Waals surface area contributed by atoms with Crippen molar-refractivity contribution in [2.75, 3.05) is 4.90 Å². The summed E-state index contributed by atoms with van der Waals surface area (Å²) in [6, 6.07) is 17.0. The van der Waals surface area contributed by atoms with Crippen LogP contribution in [-0.4, -0.2) is 11.8 Å². The van der Waals surface area contributed by atoms with Gasteiger partial charge in [0, 0.05) is 6.54 Å². The zero-order valence-corrected chi connectivity index (χ0v) is 14.9. The van der Waals surface area contributed by atoms with Gasteiger partial charge in [-0.1, -0.05) is 67.9 Å². The molecule has 5 heteroatoms. The third-order valence-corrected chi connectivity index (χ3v) is 4.51. The Kier molecular flexibility index (Phi) is 4.91. The molecule has 2 aromatic carbocycles. The Bertz CT molecular complexity index is 827. The third-order valence-electron chi connectivity index (χ3n) is 4.16. The van der Waals surface area contributed by atoms with Crippen molar-refractivity contribution in [3.63, 3.8) is 0 Å². The molecule has 25 heavy (non-hydrogen) atoms. The summed E-state index contributed by atoms with van der Waals surface area (Å²) in [6.45, 7) is 4.60. The van der Waals surface area contributed by atoms with Gasteiger partial charge in [-0.25, -0.2) is 4.90 Å². The molecule has 1 aliphatic heterocycles. The molecule has 2 aromatic rings. The molecule has 1 aliphatic rings. The van der Waals surface area contributed by atoms with Gasteiger partial charge in [0.05, 0.1) is 5.69 Å². The first-order valence-corrected chi connectivity index (χ1v) is 8.53. The van der Waals surface area contributed by atoms with Gasteiger partial charge in [0.25, 0.3) is 11.8 Å². The third kappa shape index (κ3) is 3.44. The van der Waals surface area contributed by atoms with Gasteiger partial charge < -0.3 is 5.32 Å². The van der Waals surface area contributed by atoms with Crippen molar-refractivity contribution < 1.29 is 9.59 Å². The molecular formula is C20H19ClN2O2. The average Bonchev–Trinajstić information content (AvgIpc) is 2.83. The second-order valence-electron chi connectivity index (χ2n) is 6.22. The lowest BCUT2D eigenvalue weighted by Crippen LogP contribution is -2.33. The van der Waals surface area contributed by atoms with Crippen LogP contribution in [0.2, 0.25) is 0 Å². The Hall–Kier alpha value is -2.59. The average molecular weight is 355 g/mol. The van der Waals surface area contributed by atoms with Crippen molar-refractivity contribution in [2.24, 2.45) is 0 Å². The summed E-state index contributed by atoms with van der Waals surface area (Å²) < 4.78 is 0.